The molecule has 0 saturated carbocycles. The zero-order chi connectivity index (χ0) is 15.6. The molecule has 21 heavy (non-hydrogen) atoms. The summed E-state index contributed by atoms with van der Waals surface area (Å²) in [6.45, 7) is 10.6. The average molecular weight is 290 g/mol. The summed E-state index contributed by atoms with van der Waals surface area (Å²) in [5.74, 6) is 0.994. The molecule has 4 nitrogen and oxygen atoms in total. The van der Waals surface area contributed by atoms with Crippen LogP contribution in [0.5, 0.6) is 5.75 Å². The third kappa shape index (κ3) is 4.46. The maximum absolute atomic E-state index is 12.0. The number of carbonyl (C=O) groups excluding carboxylic acids is 1. The Kier molecular flexibility index (Phi) is 4.57. The predicted octanol–water partition coefficient (Wildman–Crippen LogP) is 2.19. The monoisotopic (exact) mass is 290 g/mol. The zero-order valence-electron chi connectivity index (χ0n) is 13.6. The Balaban J connectivity index is 1.81. The van der Waals surface area contributed by atoms with Crippen LogP contribution in [0.2, 0.25) is 0 Å². The first-order chi connectivity index (χ1) is 9.74. The van der Waals surface area contributed by atoms with Gasteiger partial charge in [-0.25, -0.2) is 0 Å². The van der Waals surface area contributed by atoms with Crippen molar-refractivity contribution < 1.29 is 9.53 Å². The number of amides is 1. The van der Waals surface area contributed by atoms with Gasteiger partial charge in [-0.1, -0.05) is 17.7 Å². The van der Waals surface area contributed by atoms with E-state index in [0.29, 0.717) is 6.54 Å². The van der Waals surface area contributed by atoms with Crippen molar-refractivity contribution in [1.29, 1.82) is 0 Å². The van der Waals surface area contributed by atoms with E-state index in [0.717, 1.165) is 12.2 Å². The first kappa shape index (κ1) is 15.8. The van der Waals surface area contributed by atoms with Crippen molar-refractivity contribution in [3.8, 4) is 5.75 Å². The standard InChI is InChI=1S/C17H26N2O2/c1-11-6-7-15-13(8-11)9-14(21-15)10-18-12(2)16(20)19-17(3,4)5/h6-8,12,14,18H,9-10H2,1-5H3,(H,19,20). The smallest absolute Gasteiger partial charge is 0.237 e. The third-order valence-corrected chi connectivity index (χ3v) is 3.50. The van der Waals surface area contributed by atoms with E-state index in [2.05, 4.69) is 29.7 Å². The van der Waals surface area contributed by atoms with Crippen LogP contribution in [0.25, 0.3) is 0 Å². The highest BCUT2D eigenvalue weighted by Gasteiger charge is 2.25. The van der Waals surface area contributed by atoms with Gasteiger partial charge in [-0.3, -0.25) is 4.79 Å². The van der Waals surface area contributed by atoms with Gasteiger partial charge < -0.3 is 15.4 Å². The largest absolute Gasteiger partial charge is 0.488 e. The van der Waals surface area contributed by atoms with Crippen LogP contribution < -0.4 is 15.4 Å². The van der Waals surface area contributed by atoms with Crippen LogP contribution >= 0.6 is 0 Å². The van der Waals surface area contributed by atoms with Gasteiger partial charge >= 0.3 is 0 Å². The van der Waals surface area contributed by atoms with Gasteiger partial charge in [-0.2, -0.15) is 0 Å². The van der Waals surface area contributed by atoms with Crippen molar-refractivity contribution in [2.45, 2.75) is 58.7 Å². The summed E-state index contributed by atoms with van der Waals surface area (Å²) >= 11 is 0. The SMILES string of the molecule is Cc1ccc2c(c1)CC(CNC(C)C(=O)NC(C)(C)C)O2. The van der Waals surface area contributed by atoms with Gasteiger partial charge in [-0.05, 0) is 46.2 Å². The fourth-order valence-corrected chi connectivity index (χ4v) is 2.44. The molecule has 2 rings (SSSR count). The van der Waals surface area contributed by atoms with Gasteiger partial charge in [0.2, 0.25) is 5.91 Å². The van der Waals surface area contributed by atoms with Crippen molar-refractivity contribution in [3.63, 3.8) is 0 Å². The average Bonchev–Trinajstić information content (AvgIpc) is 2.75. The van der Waals surface area contributed by atoms with Crippen LogP contribution in [-0.4, -0.2) is 30.1 Å². The van der Waals surface area contributed by atoms with E-state index >= 15 is 0 Å². The lowest BCUT2D eigenvalue weighted by molar-refractivity contribution is -0.124. The van der Waals surface area contributed by atoms with Crippen LogP contribution in [0.1, 0.15) is 38.8 Å². The predicted molar refractivity (Wildman–Crippen MR) is 84.7 cm³/mol. The van der Waals surface area contributed by atoms with Crippen molar-refractivity contribution in [1.82, 2.24) is 10.6 Å². The highest BCUT2D eigenvalue weighted by atomic mass is 16.5. The minimum absolute atomic E-state index is 0.0221. The molecule has 116 valence electrons. The molecular weight excluding hydrogens is 264 g/mol. The summed E-state index contributed by atoms with van der Waals surface area (Å²) in [5, 5.41) is 6.24. The molecule has 0 radical (unpaired) electrons. The fourth-order valence-electron chi connectivity index (χ4n) is 2.44. The fraction of sp³-hybridized carbons (Fsp3) is 0.588. The molecule has 1 heterocycles. The maximum Gasteiger partial charge on any atom is 0.237 e. The minimum Gasteiger partial charge on any atom is -0.488 e. The molecule has 2 atom stereocenters. The van der Waals surface area contributed by atoms with E-state index in [1.54, 1.807) is 0 Å². The molecule has 0 aromatic heterocycles. The van der Waals surface area contributed by atoms with Crippen LogP contribution in [-0.2, 0) is 11.2 Å². The van der Waals surface area contributed by atoms with E-state index in [9.17, 15) is 4.79 Å². The second-order valence-corrected chi connectivity index (χ2v) is 6.92. The van der Waals surface area contributed by atoms with E-state index < -0.39 is 0 Å². The molecular formula is C17H26N2O2. The summed E-state index contributed by atoms with van der Waals surface area (Å²) in [7, 11) is 0. The Morgan fingerprint density at radius 2 is 2.14 bits per heavy atom. The number of hydrogen-bond acceptors (Lipinski definition) is 3. The van der Waals surface area contributed by atoms with Crippen molar-refractivity contribution in [2.24, 2.45) is 0 Å². The van der Waals surface area contributed by atoms with Gasteiger partial charge in [0.25, 0.3) is 0 Å². The Labute approximate surface area is 127 Å². The molecule has 1 aromatic carbocycles. The van der Waals surface area contributed by atoms with E-state index in [1.165, 1.54) is 11.1 Å². The molecule has 4 heteroatoms. The van der Waals surface area contributed by atoms with Crippen LogP contribution in [0.15, 0.2) is 18.2 Å². The van der Waals surface area contributed by atoms with Gasteiger partial charge in [0, 0.05) is 18.5 Å². The van der Waals surface area contributed by atoms with Crippen molar-refractivity contribution in [3.05, 3.63) is 29.3 Å². The minimum atomic E-state index is -0.224. The topological polar surface area (TPSA) is 50.4 Å². The van der Waals surface area contributed by atoms with Crippen molar-refractivity contribution in [2.75, 3.05) is 6.54 Å². The summed E-state index contributed by atoms with van der Waals surface area (Å²) in [5.41, 5.74) is 2.31. The molecule has 1 aliphatic heterocycles. The third-order valence-electron chi connectivity index (χ3n) is 3.50. The highest BCUT2D eigenvalue weighted by molar-refractivity contribution is 5.81. The Bertz CT molecular complexity index is 520. The number of aryl methyl sites for hydroxylation is 1. The quantitative estimate of drug-likeness (QED) is 0.894. The Hall–Kier alpha value is -1.55. The number of benzene rings is 1. The highest BCUT2D eigenvalue weighted by Crippen LogP contribution is 2.29. The lowest BCUT2D eigenvalue weighted by atomic mass is 10.1. The molecule has 2 unspecified atom stereocenters. The van der Waals surface area contributed by atoms with Gasteiger partial charge in [0.05, 0.1) is 6.04 Å². The van der Waals surface area contributed by atoms with E-state index in [1.807, 2.05) is 33.8 Å². The Morgan fingerprint density at radius 1 is 1.43 bits per heavy atom. The molecule has 0 saturated heterocycles. The molecule has 1 aromatic rings. The molecule has 1 aliphatic rings. The van der Waals surface area contributed by atoms with Gasteiger partial charge in [-0.15, -0.1) is 0 Å². The molecule has 0 spiro atoms. The van der Waals surface area contributed by atoms with Crippen LogP contribution in [0.4, 0.5) is 0 Å². The number of nitrogens with one attached hydrogen (secondary N) is 2. The summed E-state index contributed by atoms with van der Waals surface area (Å²) in [6.07, 6.45) is 1.00. The summed E-state index contributed by atoms with van der Waals surface area (Å²) < 4.78 is 5.90. The second kappa shape index (κ2) is 6.06. The summed E-state index contributed by atoms with van der Waals surface area (Å²) in [4.78, 5) is 12.0. The normalized spacial score (nSPS) is 18.8. The number of rotatable bonds is 4. The zero-order valence-corrected chi connectivity index (χ0v) is 13.6. The lowest BCUT2D eigenvalue weighted by Crippen LogP contribution is -2.51. The molecule has 2 N–H and O–H groups in total. The van der Waals surface area contributed by atoms with E-state index in [4.69, 9.17) is 4.74 Å². The second-order valence-electron chi connectivity index (χ2n) is 6.92. The molecule has 1 amide bonds. The van der Waals surface area contributed by atoms with Crippen molar-refractivity contribution >= 4 is 5.91 Å². The molecule has 0 fully saturated rings. The Morgan fingerprint density at radius 3 is 2.81 bits per heavy atom. The summed E-state index contributed by atoms with van der Waals surface area (Å²) in [6, 6.07) is 6.04. The first-order valence-electron chi connectivity index (χ1n) is 7.56. The maximum atomic E-state index is 12.0. The molecule has 0 aliphatic carbocycles. The van der Waals surface area contributed by atoms with E-state index in [-0.39, 0.29) is 23.6 Å². The molecule has 0 bridgehead atoms. The number of hydrogen-bond donors (Lipinski definition) is 2. The van der Waals surface area contributed by atoms with Gasteiger partial charge in [0.15, 0.2) is 0 Å². The number of fused-ring (bicyclic) bond motifs is 1. The lowest BCUT2D eigenvalue weighted by Gasteiger charge is -2.24. The number of ether oxygens (including phenoxy) is 1. The van der Waals surface area contributed by atoms with Crippen LogP contribution in [0.3, 0.4) is 0 Å². The number of carbonyl (C=O) groups is 1. The van der Waals surface area contributed by atoms with Crippen LogP contribution in [0, 0.1) is 6.92 Å². The first-order valence-corrected chi connectivity index (χ1v) is 7.56. The van der Waals surface area contributed by atoms with Gasteiger partial charge in [0.1, 0.15) is 11.9 Å².